The Morgan fingerprint density at radius 1 is 0.871 bits per heavy atom. The first-order valence-electron chi connectivity index (χ1n) is 10.1. The van der Waals surface area contributed by atoms with Crippen molar-refractivity contribution in [2.24, 2.45) is 5.73 Å². The molecule has 0 spiro atoms. The molecule has 14 nitrogen and oxygen atoms in total. The molecule has 0 aromatic heterocycles. The lowest BCUT2D eigenvalue weighted by atomic mass is 9.96. The SMILES string of the molecule is NCCCCCO[C@@H]1OC(C[N+](=O)[O-])[C@@H](O[C@@H]2OC(CO)[C@H](O)[C@H](O)C2O)[C@H](O)C1O. The van der Waals surface area contributed by atoms with Crippen molar-refractivity contribution in [3.8, 4) is 0 Å². The van der Waals surface area contributed by atoms with Crippen LogP contribution in [0.25, 0.3) is 0 Å². The van der Waals surface area contributed by atoms with Crippen LogP contribution in [0.4, 0.5) is 0 Å². The summed E-state index contributed by atoms with van der Waals surface area (Å²) in [5.41, 5.74) is 5.41. The lowest BCUT2D eigenvalue weighted by Gasteiger charge is -2.45. The van der Waals surface area contributed by atoms with Crippen molar-refractivity contribution in [2.75, 3.05) is 26.3 Å². The van der Waals surface area contributed by atoms with Gasteiger partial charge in [-0.2, -0.15) is 0 Å². The highest BCUT2D eigenvalue weighted by atomic mass is 16.7. The van der Waals surface area contributed by atoms with Crippen LogP contribution in [0.5, 0.6) is 0 Å². The first-order valence-corrected chi connectivity index (χ1v) is 10.1. The van der Waals surface area contributed by atoms with E-state index in [0.717, 1.165) is 12.8 Å². The van der Waals surface area contributed by atoms with Gasteiger partial charge in [0.25, 0.3) is 0 Å². The zero-order chi connectivity index (χ0) is 23.1. The number of unbranched alkanes of at least 4 members (excludes halogenated alkanes) is 2. The molecule has 2 aliphatic rings. The zero-order valence-corrected chi connectivity index (χ0v) is 16.9. The second kappa shape index (κ2) is 12.3. The van der Waals surface area contributed by atoms with Gasteiger partial charge in [-0.1, -0.05) is 0 Å². The van der Waals surface area contributed by atoms with Crippen LogP contribution in [0, 0.1) is 10.1 Å². The predicted molar refractivity (Wildman–Crippen MR) is 100 cm³/mol. The molecule has 10 atom stereocenters. The normalized spacial score (nSPS) is 41.3. The standard InChI is InChI=1S/C17H32N2O12/c18-4-2-1-3-5-28-16-14(25)12(23)15(8(29-16)6-19(26)27)31-17-13(24)11(22)10(21)9(7-20)30-17/h8-17,20-25H,1-7,18H2/t8?,9?,10-,11-,12+,13?,14?,15+,16+,17-/m0/s1. The predicted octanol–water partition coefficient (Wildman–Crippen LogP) is -3.96. The Morgan fingerprint density at radius 3 is 2.13 bits per heavy atom. The van der Waals surface area contributed by atoms with E-state index in [-0.39, 0.29) is 6.61 Å². The fraction of sp³-hybridized carbons (Fsp3) is 1.00. The van der Waals surface area contributed by atoms with Gasteiger partial charge >= 0.3 is 0 Å². The molecule has 14 heteroatoms. The molecule has 182 valence electrons. The van der Waals surface area contributed by atoms with Crippen LogP contribution in [0.2, 0.25) is 0 Å². The third-order valence-electron chi connectivity index (χ3n) is 5.24. The highest BCUT2D eigenvalue weighted by Crippen LogP contribution is 2.29. The van der Waals surface area contributed by atoms with Crippen LogP contribution in [-0.2, 0) is 18.9 Å². The molecule has 2 aliphatic heterocycles. The monoisotopic (exact) mass is 456 g/mol. The van der Waals surface area contributed by atoms with E-state index in [9.17, 15) is 40.8 Å². The van der Waals surface area contributed by atoms with Gasteiger partial charge in [-0.05, 0) is 25.8 Å². The van der Waals surface area contributed by atoms with Gasteiger partial charge in [0.15, 0.2) is 18.7 Å². The van der Waals surface area contributed by atoms with Crippen LogP contribution in [0.15, 0.2) is 0 Å². The average molecular weight is 456 g/mol. The van der Waals surface area contributed by atoms with Crippen molar-refractivity contribution in [1.29, 1.82) is 0 Å². The molecule has 0 aromatic carbocycles. The van der Waals surface area contributed by atoms with E-state index in [0.29, 0.717) is 13.0 Å². The Kier molecular flexibility index (Phi) is 10.4. The minimum atomic E-state index is -1.80. The van der Waals surface area contributed by atoms with Gasteiger partial charge in [-0.25, -0.2) is 0 Å². The Morgan fingerprint density at radius 2 is 1.52 bits per heavy atom. The summed E-state index contributed by atoms with van der Waals surface area (Å²) in [6, 6.07) is 0. The smallest absolute Gasteiger partial charge is 0.232 e. The van der Waals surface area contributed by atoms with E-state index in [2.05, 4.69) is 0 Å². The largest absolute Gasteiger partial charge is 0.394 e. The molecule has 2 fully saturated rings. The molecular weight excluding hydrogens is 424 g/mol. The number of aliphatic hydroxyl groups is 6. The summed E-state index contributed by atoms with van der Waals surface area (Å²) in [6.45, 7) is -0.852. The average Bonchev–Trinajstić information content (AvgIpc) is 2.73. The molecule has 2 saturated heterocycles. The molecule has 0 aromatic rings. The molecule has 4 unspecified atom stereocenters. The van der Waals surface area contributed by atoms with Crippen molar-refractivity contribution >= 4 is 0 Å². The third-order valence-corrected chi connectivity index (χ3v) is 5.24. The molecule has 0 radical (unpaired) electrons. The van der Waals surface area contributed by atoms with Crippen molar-refractivity contribution < 1.29 is 54.5 Å². The molecule has 0 bridgehead atoms. The second-order valence-electron chi connectivity index (χ2n) is 7.56. The molecule has 2 rings (SSSR count). The summed E-state index contributed by atoms with van der Waals surface area (Å²) in [5, 5.41) is 71.0. The number of hydrogen-bond acceptors (Lipinski definition) is 13. The van der Waals surface area contributed by atoms with Gasteiger partial charge in [-0.15, -0.1) is 0 Å². The summed E-state index contributed by atoms with van der Waals surface area (Å²) in [4.78, 5) is 10.4. The summed E-state index contributed by atoms with van der Waals surface area (Å²) in [5.74, 6) is 0. The summed E-state index contributed by atoms with van der Waals surface area (Å²) >= 11 is 0. The minimum Gasteiger partial charge on any atom is -0.394 e. The Labute approximate surface area is 178 Å². The van der Waals surface area contributed by atoms with Crippen molar-refractivity contribution in [3.63, 3.8) is 0 Å². The van der Waals surface area contributed by atoms with E-state index >= 15 is 0 Å². The molecule has 8 N–H and O–H groups in total. The number of hydrogen-bond donors (Lipinski definition) is 7. The van der Waals surface area contributed by atoms with E-state index in [1.165, 1.54) is 0 Å². The number of nitro groups is 1. The van der Waals surface area contributed by atoms with Crippen LogP contribution in [-0.4, -0.2) is 123 Å². The van der Waals surface area contributed by atoms with E-state index in [1.807, 2.05) is 0 Å². The van der Waals surface area contributed by atoms with Gasteiger partial charge in [0.1, 0.15) is 42.7 Å². The zero-order valence-electron chi connectivity index (χ0n) is 16.9. The molecule has 0 amide bonds. The molecular formula is C17H32N2O12. The second-order valence-corrected chi connectivity index (χ2v) is 7.56. The molecule has 0 aliphatic carbocycles. The van der Waals surface area contributed by atoms with Gasteiger partial charge in [0, 0.05) is 11.5 Å². The fourth-order valence-electron chi connectivity index (χ4n) is 3.46. The highest BCUT2D eigenvalue weighted by molar-refractivity contribution is 4.94. The minimum absolute atomic E-state index is 0.165. The van der Waals surface area contributed by atoms with Gasteiger partial charge in [-0.3, -0.25) is 10.1 Å². The molecule has 0 saturated carbocycles. The van der Waals surface area contributed by atoms with Gasteiger partial charge in [0.05, 0.1) is 6.61 Å². The van der Waals surface area contributed by atoms with Crippen LogP contribution >= 0.6 is 0 Å². The topological polar surface area (TPSA) is 227 Å². The Balaban J connectivity index is 2.07. The molecule has 31 heavy (non-hydrogen) atoms. The van der Waals surface area contributed by atoms with Crippen molar-refractivity contribution in [3.05, 3.63) is 10.1 Å². The first kappa shape index (κ1) is 26.2. The lowest BCUT2D eigenvalue weighted by Crippen LogP contribution is -2.65. The summed E-state index contributed by atoms with van der Waals surface area (Å²) in [7, 11) is 0. The van der Waals surface area contributed by atoms with E-state index < -0.39 is 79.5 Å². The first-order chi connectivity index (χ1) is 14.7. The maximum Gasteiger partial charge on any atom is 0.232 e. The lowest BCUT2D eigenvalue weighted by molar-refractivity contribution is -0.505. The fourth-order valence-corrected chi connectivity index (χ4v) is 3.46. The van der Waals surface area contributed by atoms with Crippen LogP contribution in [0.3, 0.4) is 0 Å². The maximum absolute atomic E-state index is 11.1. The number of ether oxygens (including phenoxy) is 4. The van der Waals surface area contributed by atoms with E-state index in [1.54, 1.807) is 0 Å². The highest BCUT2D eigenvalue weighted by Gasteiger charge is 2.52. The Hall–Kier alpha value is -1.04. The number of aliphatic hydroxyl groups excluding tert-OH is 6. The summed E-state index contributed by atoms with van der Waals surface area (Å²) < 4.78 is 21.5. The number of nitrogens with zero attached hydrogens (tertiary/aromatic N) is 1. The number of rotatable bonds is 11. The van der Waals surface area contributed by atoms with Crippen molar-refractivity contribution in [2.45, 2.75) is 80.7 Å². The third kappa shape index (κ3) is 6.72. The quantitative estimate of drug-likeness (QED) is 0.0895. The van der Waals surface area contributed by atoms with Crippen molar-refractivity contribution in [1.82, 2.24) is 0 Å². The van der Waals surface area contributed by atoms with E-state index in [4.69, 9.17) is 24.7 Å². The van der Waals surface area contributed by atoms with Gasteiger partial charge in [0.2, 0.25) is 6.54 Å². The molecule has 2 heterocycles. The Bertz CT molecular complexity index is 555. The van der Waals surface area contributed by atoms with Gasteiger partial charge < -0.3 is 55.3 Å². The van der Waals surface area contributed by atoms with Crippen LogP contribution < -0.4 is 5.73 Å². The van der Waals surface area contributed by atoms with Crippen LogP contribution in [0.1, 0.15) is 19.3 Å². The maximum atomic E-state index is 11.1. The summed E-state index contributed by atoms with van der Waals surface area (Å²) in [6.07, 6.45) is -13.6. The number of nitrogens with two attached hydrogens (primary N) is 1.